The molecule has 0 atom stereocenters. The number of hydrogen-bond donors (Lipinski definition) is 2. The Morgan fingerprint density at radius 1 is 1.27 bits per heavy atom. The highest BCUT2D eigenvalue weighted by molar-refractivity contribution is 6.36. The van der Waals surface area contributed by atoms with E-state index >= 15 is 0 Å². The van der Waals surface area contributed by atoms with Crippen LogP contribution in [-0.4, -0.2) is 69.1 Å². The molecule has 0 saturated carbocycles. The zero-order chi connectivity index (χ0) is 23.1. The minimum atomic E-state index is -0.143. The molecule has 2 aromatic carbocycles. The summed E-state index contributed by atoms with van der Waals surface area (Å²) in [6.45, 7) is 1.70. The second kappa shape index (κ2) is 8.49. The lowest BCUT2D eigenvalue weighted by molar-refractivity contribution is 0.0855. The van der Waals surface area contributed by atoms with E-state index in [2.05, 4.69) is 25.5 Å². The third-order valence-corrected chi connectivity index (χ3v) is 6.39. The Bertz CT molecular complexity index is 1340. The number of carbonyl (C=O) groups excluding carboxylic acids is 1. The topological polar surface area (TPSA) is 101 Å². The first-order chi connectivity index (χ1) is 15.9. The zero-order valence-corrected chi connectivity index (χ0v) is 19.3. The summed E-state index contributed by atoms with van der Waals surface area (Å²) in [6, 6.07) is 9.48. The molecular formula is C23H24ClN7O2. The quantitative estimate of drug-likeness (QED) is 0.454. The van der Waals surface area contributed by atoms with Gasteiger partial charge in [-0.05, 0) is 30.8 Å². The standard InChI is InChI=1S/C23H24ClN7O2/c1-30-11-15(12-30)26-23(32)16-6-4-14(8-19(16)33-3)22-27-20(31(2)29-22)9-13-5-7-18-17(21(13)24)10-25-28-18/h4-8,10,15H,9,11-12H2,1-3H3,(H,25,28)(H,26,32). The Balaban J connectivity index is 1.38. The molecule has 1 aliphatic rings. The Morgan fingerprint density at radius 3 is 2.85 bits per heavy atom. The first kappa shape index (κ1) is 21.4. The van der Waals surface area contributed by atoms with Crippen LogP contribution in [0.2, 0.25) is 5.02 Å². The number of rotatable bonds is 6. The number of aromatic amines is 1. The van der Waals surface area contributed by atoms with Gasteiger partial charge in [0.15, 0.2) is 5.82 Å². The van der Waals surface area contributed by atoms with Crippen LogP contribution in [0.4, 0.5) is 0 Å². The van der Waals surface area contributed by atoms with E-state index in [1.807, 2.05) is 32.3 Å². The van der Waals surface area contributed by atoms with Gasteiger partial charge >= 0.3 is 0 Å². The summed E-state index contributed by atoms with van der Waals surface area (Å²) in [5.41, 5.74) is 3.10. The molecule has 33 heavy (non-hydrogen) atoms. The molecule has 0 spiro atoms. The minimum Gasteiger partial charge on any atom is -0.496 e. The van der Waals surface area contributed by atoms with E-state index < -0.39 is 0 Å². The lowest BCUT2D eigenvalue weighted by atomic mass is 10.1. The van der Waals surface area contributed by atoms with Gasteiger partial charge < -0.3 is 15.0 Å². The van der Waals surface area contributed by atoms with Crippen molar-refractivity contribution in [3.05, 3.63) is 58.5 Å². The molecule has 1 aliphatic heterocycles. The summed E-state index contributed by atoms with van der Waals surface area (Å²) in [6.07, 6.45) is 2.24. The lowest BCUT2D eigenvalue weighted by Crippen LogP contribution is -2.57. The number of benzene rings is 2. The molecule has 5 rings (SSSR count). The highest BCUT2D eigenvalue weighted by atomic mass is 35.5. The monoisotopic (exact) mass is 465 g/mol. The largest absolute Gasteiger partial charge is 0.496 e. The van der Waals surface area contributed by atoms with Crippen molar-refractivity contribution in [2.24, 2.45) is 7.05 Å². The van der Waals surface area contributed by atoms with Gasteiger partial charge in [0.25, 0.3) is 5.91 Å². The van der Waals surface area contributed by atoms with Crippen LogP contribution in [0.5, 0.6) is 5.75 Å². The average molecular weight is 466 g/mol. The molecule has 10 heteroatoms. The Hall–Kier alpha value is -3.43. The van der Waals surface area contributed by atoms with Crippen LogP contribution in [0, 0.1) is 0 Å². The molecule has 4 aromatic rings. The minimum absolute atomic E-state index is 0.143. The summed E-state index contributed by atoms with van der Waals surface area (Å²) in [5.74, 6) is 1.67. The van der Waals surface area contributed by atoms with Crippen LogP contribution < -0.4 is 10.1 Å². The fourth-order valence-corrected chi connectivity index (χ4v) is 4.38. The number of aryl methyl sites for hydroxylation is 1. The smallest absolute Gasteiger partial charge is 0.255 e. The maximum atomic E-state index is 12.7. The number of amides is 1. The number of H-pyrrole nitrogens is 1. The van der Waals surface area contributed by atoms with Crippen molar-refractivity contribution in [3.63, 3.8) is 0 Å². The molecule has 1 fully saturated rings. The number of fused-ring (bicyclic) bond motifs is 1. The van der Waals surface area contributed by atoms with Crippen LogP contribution in [-0.2, 0) is 13.5 Å². The number of hydrogen-bond acceptors (Lipinski definition) is 6. The summed E-state index contributed by atoms with van der Waals surface area (Å²) in [4.78, 5) is 19.6. The maximum absolute atomic E-state index is 12.7. The van der Waals surface area contributed by atoms with E-state index in [0.717, 1.165) is 40.9 Å². The van der Waals surface area contributed by atoms with E-state index in [0.29, 0.717) is 28.6 Å². The summed E-state index contributed by atoms with van der Waals surface area (Å²) < 4.78 is 7.25. The van der Waals surface area contributed by atoms with Crippen molar-refractivity contribution < 1.29 is 9.53 Å². The fourth-order valence-electron chi connectivity index (χ4n) is 4.10. The van der Waals surface area contributed by atoms with Crippen molar-refractivity contribution in [2.45, 2.75) is 12.5 Å². The van der Waals surface area contributed by atoms with E-state index in [4.69, 9.17) is 21.3 Å². The second-order valence-corrected chi connectivity index (χ2v) is 8.71. The van der Waals surface area contributed by atoms with Crippen LogP contribution in [0.1, 0.15) is 21.7 Å². The average Bonchev–Trinajstić information content (AvgIpc) is 3.41. The fraction of sp³-hybridized carbons (Fsp3) is 0.304. The zero-order valence-electron chi connectivity index (χ0n) is 18.6. The van der Waals surface area contributed by atoms with Gasteiger partial charge in [-0.15, -0.1) is 0 Å². The third-order valence-electron chi connectivity index (χ3n) is 5.94. The molecule has 1 amide bonds. The molecule has 1 saturated heterocycles. The Morgan fingerprint density at radius 2 is 2.09 bits per heavy atom. The van der Waals surface area contributed by atoms with Crippen LogP contribution in [0.15, 0.2) is 36.5 Å². The van der Waals surface area contributed by atoms with Crippen LogP contribution in [0.3, 0.4) is 0 Å². The number of methoxy groups -OCH3 is 1. The number of ether oxygens (including phenoxy) is 1. The molecule has 0 aliphatic carbocycles. The molecule has 0 radical (unpaired) electrons. The van der Waals surface area contributed by atoms with E-state index in [1.54, 1.807) is 30.1 Å². The van der Waals surface area contributed by atoms with E-state index in [9.17, 15) is 4.79 Å². The van der Waals surface area contributed by atoms with Gasteiger partial charge in [-0.25, -0.2) is 4.98 Å². The normalized spacial score (nSPS) is 14.4. The Kier molecular flexibility index (Phi) is 5.51. The Labute approximate surface area is 195 Å². The van der Waals surface area contributed by atoms with Crippen molar-refractivity contribution >= 4 is 28.4 Å². The summed E-state index contributed by atoms with van der Waals surface area (Å²) in [7, 11) is 5.43. The van der Waals surface area contributed by atoms with Gasteiger partial charge in [-0.2, -0.15) is 10.2 Å². The van der Waals surface area contributed by atoms with Gasteiger partial charge in [0.05, 0.1) is 35.5 Å². The molecule has 0 unspecified atom stereocenters. The number of nitrogens with one attached hydrogen (secondary N) is 2. The number of nitrogens with zero attached hydrogens (tertiary/aromatic N) is 5. The van der Waals surface area contributed by atoms with Gasteiger partial charge in [-0.3, -0.25) is 14.6 Å². The van der Waals surface area contributed by atoms with Gasteiger partial charge in [-0.1, -0.05) is 23.7 Å². The second-order valence-electron chi connectivity index (χ2n) is 8.33. The number of likely N-dealkylation sites (tertiary alicyclic amines) is 1. The van der Waals surface area contributed by atoms with Crippen molar-refractivity contribution in [1.29, 1.82) is 0 Å². The van der Waals surface area contributed by atoms with Crippen molar-refractivity contribution in [2.75, 3.05) is 27.2 Å². The third kappa shape index (κ3) is 4.05. The van der Waals surface area contributed by atoms with E-state index in [1.165, 1.54) is 0 Å². The van der Waals surface area contributed by atoms with E-state index in [-0.39, 0.29) is 11.9 Å². The molecule has 2 aromatic heterocycles. The first-order valence-corrected chi connectivity index (χ1v) is 11.0. The lowest BCUT2D eigenvalue weighted by Gasteiger charge is -2.36. The van der Waals surface area contributed by atoms with Crippen LogP contribution in [0.25, 0.3) is 22.3 Å². The van der Waals surface area contributed by atoms with Crippen molar-refractivity contribution in [3.8, 4) is 17.1 Å². The molecule has 3 heterocycles. The van der Waals surface area contributed by atoms with Crippen LogP contribution >= 0.6 is 11.6 Å². The SMILES string of the molecule is COc1cc(-c2nc(Cc3ccc4[nH]ncc4c3Cl)n(C)n2)ccc1C(=O)NC1CN(C)C1. The number of halogens is 1. The number of aromatic nitrogens is 5. The predicted octanol–water partition coefficient (Wildman–Crippen LogP) is 2.66. The number of carbonyl (C=O) groups is 1. The molecule has 2 N–H and O–H groups in total. The molecule has 170 valence electrons. The van der Waals surface area contributed by atoms with Gasteiger partial charge in [0.1, 0.15) is 11.6 Å². The number of likely N-dealkylation sites (N-methyl/N-ethyl adjacent to an activating group) is 1. The maximum Gasteiger partial charge on any atom is 0.255 e. The first-order valence-electron chi connectivity index (χ1n) is 10.6. The molecule has 9 nitrogen and oxygen atoms in total. The highest BCUT2D eigenvalue weighted by Crippen LogP contribution is 2.29. The van der Waals surface area contributed by atoms with Gasteiger partial charge in [0.2, 0.25) is 0 Å². The van der Waals surface area contributed by atoms with Gasteiger partial charge in [0, 0.05) is 37.5 Å². The predicted molar refractivity (Wildman–Crippen MR) is 126 cm³/mol. The summed E-state index contributed by atoms with van der Waals surface area (Å²) >= 11 is 6.58. The summed E-state index contributed by atoms with van der Waals surface area (Å²) in [5, 5.41) is 16.1. The molecular weight excluding hydrogens is 442 g/mol. The van der Waals surface area contributed by atoms with Crippen molar-refractivity contribution in [1.82, 2.24) is 35.2 Å². The molecule has 0 bridgehead atoms. The highest BCUT2D eigenvalue weighted by Gasteiger charge is 2.26.